The normalized spacial score (nSPS) is 15.6. The van der Waals surface area contributed by atoms with E-state index in [1.54, 1.807) is 67.1 Å². The maximum absolute atomic E-state index is 13.2. The van der Waals surface area contributed by atoms with Crippen molar-refractivity contribution >= 4 is 23.2 Å². The van der Waals surface area contributed by atoms with Crippen LogP contribution in [0.4, 0.5) is 0 Å². The molecule has 142 valence electrons. The van der Waals surface area contributed by atoms with Gasteiger partial charge in [0.25, 0.3) is 11.8 Å². The van der Waals surface area contributed by atoms with Gasteiger partial charge in [0.05, 0.1) is 24.7 Å². The number of benzene rings is 2. The fourth-order valence-electron chi connectivity index (χ4n) is 3.10. The van der Waals surface area contributed by atoms with Crippen LogP contribution in [0.5, 0.6) is 17.2 Å². The predicted octanol–water partition coefficient (Wildman–Crippen LogP) is 4.14. The Balaban J connectivity index is 1.83. The summed E-state index contributed by atoms with van der Waals surface area (Å²) in [6.07, 6.45) is -0.920. The van der Waals surface area contributed by atoms with Gasteiger partial charge >= 0.3 is 0 Å². The number of hydrogen-bond donors (Lipinski definition) is 0. The van der Waals surface area contributed by atoms with Crippen molar-refractivity contribution in [2.75, 3.05) is 14.2 Å². The van der Waals surface area contributed by atoms with Gasteiger partial charge in [0.1, 0.15) is 5.75 Å². The van der Waals surface area contributed by atoms with E-state index in [1.165, 1.54) is 18.4 Å². The van der Waals surface area contributed by atoms with Crippen LogP contribution in [0, 0.1) is 0 Å². The first-order chi connectivity index (χ1) is 13.6. The molecule has 1 aliphatic rings. The summed E-state index contributed by atoms with van der Waals surface area (Å²) in [6, 6.07) is 15.5. The lowest BCUT2D eigenvalue weighted by atomic mass is 10.1. The summed E-state index contributed by atoms with van der Waals surface area (Å²) in [6.45, 7) is 0. The standard InChI is InChI=1S/C21H17NO5S/c1-25-16-10-9-13(12-17(16)26-2)21-22(20(24)18-8-5-11-28-18)19(23)14-6-3-4-7-15(14)27-21/h3-12,21H,1-2H3/t21-/m0/s1. The molecular formula is C21H17NO5S. The SMILES string of the molecule is COc1ccc([C@@H]2Oc3ccccc3C(=O)N2C(=O)c2cccs2)cc1OC. The molecule has 0 unspecified atom stereocenters. The van der Waals surface area contributed by atoms with E-state index in [0.717, 1.165) is 4.90 Å². The molecule has 3 aromatic rings. The molecule has 4 rings (SSSR count). The zero-order chi connectivity index (χ0) is 19.7. The highest BCUT2D eigenvalue weighted by Gasteiger charge is 2.40. The lowest BCUT2D eigenvalue weighted by Crippen LogP contribution is -2.45. The van der Waals surface area contributed by atoms with Crippen molar-refractivity contribution in [3.05, 3.63) is 76.0 Å². The van der Waals surface area contributed by atoms with Crippen LogP contribution in [0.15, 0.2) is 60.0 Å². The minimum absolute atomic E-state index is 0.351. The second-order valence-electron chi connectivity index (χ2n) is 6.04. The Labute approximate surface area is 165 Å². The maximum atomic E-state index is 13.2. The van der Waals surface area contributed by atoms with Crippen molar-refractivity contribution in [1.29, 1.82) is 0 Å². The summed E-state index contributed by atoms with van der Waals surface area (Å²) in [7, 11) is 3.07. The van der Waals surface area contributed by atoms with Crippen LogP contribution in [-0.4, -0.2) is 30.9 Å². The number of hydrogen-bond acceptors (Lipinski definition) is 6. The van der Waals surface area contributed by atoms with Crippen LogP contribution < -0.4 is 14.2 Å². The number of imide groups is 1. The first-order valence-electron chi connectivity index (χ1n) is 8.53. The third kappa shape index (κ3) is 2.99. The Morgan fingerprint density at radius 2 is 1.82 bits per heavy atom. The number of ether oxygens (including phenoxy) is 3. The van der Waals surface area contributed by atoms with Gasteiger partial charge in [0, 0.05) is 5.56 Å². The lowest BCUT2D eigenvalue weighted by molar-refractivity contribution is 0.0109. The summed E-state index contributed by atoms with van der Waals surface area (Å²) < 4.78 is 16.7. The Bertz CT molecular complexity index is 1030. The van der Waals surface area contributed by atoms with Gasteiger partial charge in [-0.2, -0.15) is 0 Å². The molecule has 0 aliphatic carbocycles. The summed E-state index contributed by atoms with van der Waals surface area (Å²) in [5, 5.41) is 1.79. The highest BCUT2D eigenvalue weighted by Crippen LogP contribution is 2.39. The number of methoxy groups -OCH3 is 2. The van der Waals surface area contributed by atoms with E-state index in [1.807, 2.05) is 0 Å². The van der Waals surface area contributed by atoms with Crippen LogP contribution in [0.2, 0.25) is 0 Å². The Hall–Kier alpha value is -3.32. The molecule has 28 heavy (non-hydrogen) atoms. The van der Waals surface area contributed by atoms with Gasteiger partial charge in [0.15, 0.2) is 11.5 Å². The minimum Gasteiger partial charge on any atom is -0.493 e. The molecule has 0 N–H and O–H groups in total. The molecule has 1 atom stereocenters. The Morgan fingerprint density at radius 3 is 2.54 bits per heavy atom. The first kappa shape index (κ1) is 18.1. The van der Waals surface area contributed by atoms with Crippen molar-refractivity contribution in [3.63, 3.8) is 0 Å². The molecular weight excluding hydrogens is 378 g/mol. The van der Waals surface area contributed by atoms with E-state index in [0.29, 0.717) is 33.3 Å². The van der Waals surface area contributed by atoms with Crippen molar-refractivity contribution < 1.29 is 23.8 Å². The van der Waals surface area contributed by atoms with Gasteiger partial charge in [-0.05, 0) is 41.8 Å². The zero-order valence-electron chi connectivity index (χ0n) is 15.2. The monoisotopic (exact) mass is 395 g/mol. The van der Waals surface area contributed by atoms with E-state index in [4.69, 9.17) is 14.2 Å². The van der Waals surface area contributed by atoms with E-state index in [9.17, 15) is 9.59 Å². The number of carbonyl (C=O) groups is 2. The molecule has 7 heteroatoms. The molecule has 0 saturated carbocycles. The molecule has 0 bridgehead atoms. The molecule has 0 radical (unpaired) electrons. The largest absolute Gasteiger partial charge is 0.493 e. The number of thiophene rings is 1. The molecule has 2 amide bonds. The lowest BCUT2D eigenvalue weighted by Gasteiger charge is -2.35. The van der Waals surface area contributed by atoms with E-state index in [2.05, 4.69) is 0 Å². The van der Waals surface area contributed by atoms with Crippen LogP contribution in [0.3, 0.4) is 0 Å². The van der Waals surface area contributed by atoms with Gasteiger partial charge < -0.3 is 14.2 Å². The van der Waals surface area contributed by atoms with Crippen LogP contribution in [-0.2, 0) is 0 Å². The van der Waals surface area contributed by atoms with Gasteiger partial charge in [-0.1, -0.05) is 18.2 Å². The van der Waals surface area contributed by atoms with E-state index in [-0.39, 0.29) is 0 Å². The average molecular weight is 395 g/mol. The third-order valence-electron chi connectivity index (χ3n) is 4.45. The molecule has 0 saturated heterocycles. The summed E-state index contributed by atoms with van der Waals surface area (Å²) in [4.78, 5) is 27.9. The number of para-hydroxylation sites is 1. The average Bonchev–Trinajstić information content (AvgIpc) is 3.27. The fourth-order valence-corrected chi connectivity index (χ4v) is 3.76. The number of fused-ring (bicyclic) bond motifs is 1. The summed E-state index contributed by atoms with van der Waals surface area (Å²) in [5.74, 6) is 0.653. The quantitative estimate of drug-likeness (QED) is 0.621. The summed E-state index contributed by atoms with van der Waals surface area (Å²) >= 11 is 1.28. The topological polar surface area (TPSA) is 65.1 Å². The Morgan fingerprint density at radius 1 is 1.04 bits per heavy atom. The van der Waals surface area contributed by atoms with Gasteiger partial charge in [-0.25, -0.2) is 4.90 Å². The summed E-state index contributed by atoms with van der Waals surface area (Å²) in [5.41, 5.74) is 0.953. The number of carbonyl (C=O) groups excluding carboxylic acids is 2. The smallest absolute Gasteiger partial charge is 0.274 e. The van der Waals surface area contributed by atoms with Gasteiger partial charge in [-0.15, -0.1) is 11.3 Å². The minimum atomic E-state index is -0.920. The van der Waals surface area contributed by atoms with Crippen LogP contribution in [0.1, 0.15) is 31.8 Å². The first-order valence-corrected chi connectivity index (χ1v) is 9.41. The van der Waals surface area contributed by atoms with E-state index >= 15 is 0 Å². The molecule has 0 fully saturated rings. The Kier molecular flexibility index (Phi) is 4.75. The number of nitrogens with zero attached hydrogens (tertiary/aromatic N) is 1. The maximum Gasteiger partial charge on any atom is 0.274 e. The second-order valence-corrected chi connectivity index (χ2v) is 6.99. The molecule has 2 aromatic carbocycles. The van der Waals surface area contributed by atoms with Crippen molar-refractivity contribution in [3.8, 4) is 17.2 Å². The predicted molar refractivity (Wildman–Crippen MR) is 104 cm³/mol. The molecule has 2 heterocycles. The molecule has 6 nitrogen and oxygen atoms in total. The molecule has 1 aromatic heterocycles. The van der Waals surface area contributed by atoms with Crippen molar-refractivity contribution in [2.45, 2.75) is 6.23 Å². The van der Waals surface area contributed by atoms with E-state index < -0.39 is 18.0 Å². The van der Waals surface area contributed by atoms with Gasteiger partial charge in [-0.3, -0.25) is 9.59 Å². The highest BCUT2D eigenvalue weighted by atomic mass is 32.1. The number of amides is 2. The van der Waals surface area contributed by atoms with Crippen LogP contribution in [0.25, 0.3) is 0 Å². The third-order valence-corrected chi connectivity index (χ3v) is 5.31. The molecule has 1 aliphatic heterocycles. The van der Waals surface area contributed by atoms with Crippen molar-refractivity contribution in [2.24, 2.45) is 0 Å². The van der Waals surface area contributed by atoms with Crippen LogP contribution >= 0.6 is 11.3 Å². The number of rotatable bonds is 4. The fraction of sp³-hybridized carbons (Fsp3) is 0.143. The van der Waals surface area contributed by atoms with Gasteiger partial charge in [0.2, 0.25) is 6.23 Å². The molecule has 0 spiro atoms. The van der Waals surface area contributed by atoms with Crippen molar-refractivity contribution in [1.82, 2.24) is 4.90 Å². The zero-order valence-corrected chi connectivity index (χ0v) is 16.1. The highest BCUT2D eigenvalue weighted by molar-refractivity contribution is 7.12. The second kappa shape index (κ2) is 7.36.